The molecular weight excluding hydrogens is 307 g/mol. The molecule has 0 aliphatic carbocycles. The molecule has 0 saturated heterocycles. The molecule has 0 atom stereocenters. The Kier molecular flexibility index (Phi) is 6.06. The van der Waals surface area contributed by atoms with Crippen molar-refractivity contribution in [3.8, 4) is 0 Å². The first-order chi connectivity index (χ1) is 10.6. The fourth-order valence-electron chi connectivity index (χ4n) is 1.61. The van der Waals surface area contributed by atoms with Gasteiger partial charge >= 0.3 is 12.1 Å². The number of carboxylic acid groups (broad SMARTS) is 1. The van der Waals surface area contributed by atoms with Crippen LogP contribution in [-0.4, -0.2) is 46.7 Å². The summed E-state index contributed by atoms with van der Waals surface area (Å²) >= 11 is 0. The van der Waals surface area contributed by atoms with Crippen LogP contribution in [0, 0.1) is 5.82 Å². The molecule has 126 valence electrons. The second-order valence-electron chi connectivity index (χ2n) is 5.79. The number of nitrogens with one attached hydrogen (secondary N) is 1. The summed E-state index contributed by atoms with van der Waals surface area (Å²) in [5.41, 5.74) is -0.623. The summed E-state index contributed by atoms with van der Waals surface area (Å²) in [5.74, 6) is -2.48. The van der Waals surface area contributed by atoms with Crippen molar-refractivity contribution < 1.29 is 28.6 Å². The highest BCUT2D eigenvalue weighted by Crippen LogP contribution is 2.11. The Labute approximate surface area is 133 Å². The molecule has 0 fully saturated rings. The van der Waals surface area contributed by atoms with Gasteiger partial charge in [-0.1, -0.05) is 6.07 Å². The summed E-state index contributed by atoms with van der Waals surface area (Å²) in [6.07, 6.45) is -0.922. The number of benzene rings is 1. The van der Waals surface area contributed by atoms with Gasteiger partial charge < -0.3 is 15.2 Å². The fraction of sp³-hybridized carbons (Fsp3) is 0.400. The molecule has 1 rings (SSSR count). The van der Waals surface area contributed by atoms with E-state index in [2.05, 4.69) is 5.32 Å². The molecule has 8 heteroatoms. The Balaban J connectivity index is 2.74. The predicted octanol–water partition coefficient (Wildman–Crippen LogP) is 2.09. The third kappa shape index (κ3) is 7.25. The number of carbonyl (C=O) groups excluding carboxylic acids is 2. The lowest BCUT2D eigenvalue weighted by Gasteiger charge is -2.26. The average molecular weight is 326 g/mol. The Hall–Kier alpha value is -2.64. The van der Waals surface area contributed by atoms with Crippen LogP contribution in [0.4, 0.5) is 14.9 Å². The molecule has 0 unspecified atom stereocenters. The second kappa shape index (κ2) is 7.57. The van der Waals surface area contributed by atoms with Gasteiger partial charge in [-0.25, -0.2) is 9.18 Å². The highest BCUT2D eigenvalue weighted by Gasteiger charge is 2.25. The molecule has 0 spiro atoms. The van der Waals surface area contributed by atoms with E-state index in [-0.39, 0.29) is 5.69 Å². The lowest BCUT2D eigenvalue weighted by molar-refractivity contribution is -0.138. The summed E-state index contributed by atoms with van der Waals surface area (Å²) in [6.45, 7) is 3.65. The van der Waals surface area contributed by atoms with Gasteiger partial charge in [-0.05, 0) is 39.0 Å². The van der Waals surface area contributed by atoms with Crippen LogP contribution in [0.15, 0.2) is 24.3 Å². The topological polar surface area (TPSA) is 95.9 Å². The van der Waals surface area contributed by atoms with E-state index in [0.29, 0.717) is 0 Å². The Morgan fingerprint density at radius 2 is 1.91 bits per heavy atom. The Morgan fingerprint density at radius 1 is 1.26 bits per heavy atom. The van der Waals surface area contributed by atoms with Gasteiger partial charge in [0.2, 0.25) is 5.91 Å². The maximum absolute atomic E-state index is 13.1. The first kappa shape index (κ1) is 18.4. The maximum atomic E-state index is 13.1. The Bertz CT molecular complexity index is 598. The molecule has 1 aromatic carbocycles. The molecule has 23 heavy (non-hydrogen) atoms. The van der Waals surface area contributed by atoms with E-state index in [1.54, 1.807) is 20.8 Å². The number of aliphatic carboxylic acids is 1. The number of amides is 2. The largest absolute Gasteiger partial charge is 0.480 e. The van der Waals surface area contributed by atoms with Gasteiger partial charge in [-0.2, -0.15) is 0 Å². The number of carboxylic acids is 1. The fourth-order valence-corrected chi connectivity index (χ4v) is 1.61. The zero-order valence-corrected chi connectivity index (χ0v) is 13.1. The third-order valence-electron chi connectivity index (χ3n) is 2.42. The summed E-state index contributed by atoms with van der Waals surface area (Å²) in [7, 11) is 0. The molecule has 0 aliphatic rings. The predicted molar refractivity (Wildman–Crippen MR) is 80.5 cm³/mol. The van der Waals surface area contributed by atoms with Crippen LogP contribution in [0.2, 0.25) is 0 Å². The van der Waals surface area contributed by atoms with E-state index in [1.165, 1.54) is 18.2 Å². The minimum Gasteiger partial charge on any atom is -0.480 e. The van der Waals surface area contributed by atoms with Crippen molar-refractivity contribution >= 4 is 23.7 Å². The van der Waals surface area contributed by atoms with Crippen molar-refractivity contribution in [1.29, 1.82) is 0 Å². The zero-order chi connectivity index (χ0) is 17.6. The molecule has 2 amide bonds. The van der Waals surface area contributed by atoms with Crippen LogP contribution >= 0.6 is 0 Å². The van der Waals surface area contributed by atoms with Gasteiger partial charge in [-0.15, -0.1) is 0 Å². The van der Waals surface area contributed by atoms with E-state index < -0.39 is 42.5 Å². The van der Waals surface area contributed by atoms with Crippen LogP contribution < -0.4 is 5.32 Å². The van der Waals surface area contributed by atoms with Crippen LogP contribution in [-0.2, 0) is 14.3 Å². The number of nitrogens with zero attached hydrogens (tertiary/aromatic N) is 1. The quantitative estimate of drug-likeness (QED) is 0.864. The molecule has 0 aromatic heterocycles. The minimum atomic E-state index is -1.28. The normalized spacial score (nSPS) is 10.8. The van der Waals surface area contributed by atoms with Crippen LogP contribution in [0.3, 0.4) is 0 Å². The number of anilines is 1. The smallest absolute Gasteiger partial charge is 0.411 e. The van der Waals surface area contributed by atoms with Crippen molar-refractivity contribution in [2.24, 2.45) is 0 Å². The first-order valence-electron chi connectivity index (χ1n) is 6.82. The Morgan fingerprint density at radius 3 is 2.43 bits per heavy atom. The number of hydrogen-bond acceptors (Lipinski definition) is 4. The number of halogens is 1. The standard InChI is InChI=1S/C15H19FN2O5/c1-15(2,3)23-14(22)18(9-13(20)21)8-12(19)17-11-6-4-5-10(16)7-11/h4-7H,8-9H2,1-3H3,(H,17,19)(H,20,21). The number of hydrogen-bond donors (Lipinski definition) is 2. The third-order valence-corrected chi connectivity index (χ3v) is 2.42. The summed E-state index contributed by atoms with van der Waals surface area (Å²) in [4.78, 5) is 35.4. The molecule has 2 N–H and O–H groups in total. The van der Waals surface area contributed by atoms with Crippen LogP contribution in [0.5, 0.6) is 0 Å². The molecule has 7 nitrogen and oxygen atoms in total. The van der Waals surface area contributed by atoms with Crippen molar-refractivity contribution in [2.45, 2.75) is 26.4 Å². The molecule has 0 bridgehead atoms. The van der Waals surface area contributed by atoms with Gasteiger partial charge in [0.05, 0.1) is 0 Å². The SMILES string of the molecule is CC(C)(C)OC(=O)N(CC(=O)O)CC(=O)Nc1cccc(F)c1. The van der Waals surface area contributed by atoms with E-state index in [4.69, 9.17) is 9.84 Å². The van der Waals surface area contributed by atoms with Gasteiger partial charge in [0.1, 0.15) is 24.5 Å². The molecular formula is C15H19FN2O5. The van der Waals surface area contributed by atoms with E-state index in [0.717, 1.165) is 11.0 Å². The van der Waals surface area contributed by atoms with Crippen molar-refractivity contribution in [3.05, 3.63) is 30.1 Å². The number of carbonyl (C=O) groups is 3. The van der Waals surface area contributed by atoms with Crippen LogP contribution in [0.1, 0.15) is 20.8 Å². The molecule has 1 aromatic rings. The van der Waals surface area contributed by atoms with Gasteiger partial charge in [-0.3, -0.25) is 14.5 Å². The van der Waals surface area contributed by atoms with Crippen molar-refractivity contribution in [3.63, 3.8) is 0 Å². The number of ether oxygens (including phenoxy) is 1. The highest BCUT2D eigenvalue weighted by atomic mass is 19.1. The molecule has 0 aliphatic heterocycles. The highest BCUT2D eigenvalue weighted by molar-refractivity contribution is 5.94. The zero-order valence-electron chi connectivity index (χ0n) is 13.1. The van der Waals surface area contributed by atoms with Crippen molar-refractivity contribution in [2.75, 3.05) is 18.4 Å². The molecule has 0 saturated carbocycles. The summed E-state index contributed by atoms with van der Waals surface area (Å²) in [6, 6.07) is 5.20. The average Bonchev–Trinajstić information content (AvgIpc) is 2.35. The first-order valence-corrected chi connectivity index (χ1v) is 6.82. The summed E-state index contributed by atoms with van der Waals surface area (Å²) in [5, 5.41) is 11.2. The van der Waals surface area contributed by atoms with Crippen LogP contribution in [0.25, 0.3) is 0 Å². The summed E-state index contributed by atoms with van der Waals surface area (Å²) < 4.78 is 18.1. The maximum Gasteiger partial charge on any atom is 0.411 e. The van der Waals surface area contributed by atoms with E-state index >= 15 is 0 Å². The van der Waals surface area contributed by atoms with E-state index in [9.17, 15) is 18.8 Å². The minimum absolute atomic E-state index is 0.203. The van der Waals surface area contributed by atoms with Gasteiger partial charge in [0.25, 0.3) is 0 Å². The monoisotopic (exact) mass is 326 g/mol. The van der Waals surface area contributed by atoms with E-state index in [1.807, 2.05) is 0 Å². The molecule has 0 heterocycles. The van der Waals surface area contributed by atoms with Gasteiger partial charge in [0, 0.05) is 5.69 Å². The lowest BCUT2D eigenvalue weighted by atomic mass is 10.2. The number of rotatable bonds is 5. The van der Waals surface area contributed by atoms with Gasteiger partial charge in [0.15, 0.2) is 0 Å². The second-order valence-corrected chi connectivity index (χ2v) is 5.79. The van der Waals surface area contributed by atoms with Crippen molar-refractivity contribution in [1.82, 2.24) is 4.90 Å². The lowest BCUT2D eigenvalue weighted by Crippen LogP contribution is -2.43. The molecule has 0 radical (unpaired) electrons.